The molecule has 0 spiro atoms. The lowest BCUT2D eigenvalue weighted by Crippen LogP contribution is -2.31. The third-order valence-corrected chi connectivity index (χ3v) is 4.46. The standard InChI is InChI=1S/C20H20N/c1-4-10-16(11-5-1)18-19(17-12-6-2-7-13-17)20(18)21-14-8-3-9-15-21/h1-2,4-7,10-13H,3,8-9,14-15H2/q+1. The fraction of sp³-hybridized carbons (Fsp3) is 0.250. The van der Waals surface area contributed by atoms with Crippen molar-refractivity contribution in [3.8, 4) is 22.3 Å². The van der Waals surface area contributed by atoms with Gasteiger partial charge in [-0.1, -0.05) is 60.7 Å². The molecule has 0 aliphatic carbocycles. The molecule has 0 unspecified atom stereocenters. The van der Waals surface area contributed by atoms with Crippen LogP contribution in [0.3, 0.4) is 0 Å². The summed E-state index contributed by atoms with van der Waals surface area (Å²) in [6.45, 7) is 2.42. The number of rotatable bonds is 2. The molecule has 1 heterocycles. The van der Waals surface area contributed by atoms with Crippen LogP contribution in [0.1, 0.15) is 19.3 Å². The predicted molar refractivity (Wildman–Crippen MR) is 88.5 cm³/mol. The van der Waals surface area contributed by atoms with Gasteiger partial charge in [-0.2, -0.15) is 0 Å². The molecule has 21 heavy (non-hydrogen) atoms. The molecule has 1 aliphatic heterocycles. The van der Waals surface area contributed by atoms with Gasteiger partial charge in [0.2, 0.25) is 5.36 Å². The summed E-state index contributed by atoms with van der Waals surface area (Å²) < 4.78 is 2.59. The molecular weight excluding hydrogens is 254 g/mol. The largest absolute Gasteiger partial charge is 0.229 e. The summed E-state index contributed by atoms with van der Waals surface area (Å²) in [4.78, 5) is 0. The molecule has 0 saturated carbocycles. The highest BCUT2D eigenvalue weighted by Crippen LogP contribution is 2.34. The van der Waals surface area contributed by atoms with E-state index in [0.717, 1.165) is 0 Å². The zero-order valence-electron chi connectivity index (χ0n) is 12.3. The quantitative estimate of drug-likeness (QED) is 0.624. The minimum atomic E-state index is 1.21. The van der Waals surface area contributed by atoms with Crippen molar-refractivity contribution >= 4 is 0 Å². The van der Waals surface area contributed by atoms with Gasteiger partial charge in [-0.15, -0.1) is 0 Å². The lowest BCUT2D eigenvalue weighted by molar-refractivity contribution is 0.456. The number of nitrogens with zero attached hydrogens (tertiary/aromatic N) is 1. The van der Waals surface area contributed by atoms with E-state index in [0.29, 0.717) is 0 Å². The summed E-state index contributed by atoms with van der Waals surface area (Å²) in [6, 6.07) is 21.7. The molecule has 3 aromatic rings. The number of hydrogen-bond donors (Lipinski definition) is 0. The third kappa shape index (κ3) is 2.33. The smallest absolute Gasteiger partial charge is 0.217 e. The van der Waals surface area contributed by atoms with Crippen LogP contribution in [0.15, 0.2) is 60.7 Å². The van der Waals surface area contributed by atoms with E-state index in [1.165, 1.54) is 60.0 Å². The van der Waals surface area contributed by atoms with Crippen LogP contribution < -0.4 is 9.93 Å². The van der Waals surface area contributed by atoms with Gasteiger partial charge >= 0.3 is 0 Å². The highest BCUT2D eigenvalue weighted by atomic mass is 15.0. The predicted octanol–water partition coefficient (Wildman–Crippen LogP) is 3.85. The lowest BCUT2D eigenvalue weighted by atomic mass is 10.1. The van der Waals surface area contributed by atoms with E-state index >= 15 is 0 Å². The molecule has 3 aromatic carbocycles. The molecule has 1 saturated heterocycles. The van der Waals surface area contributed by atoms with Gasteiger partial charge in [0.25, 0.3) is 0 Å². The molecule has 1 nitrogen and oxygen atoms in total. The van der Waals surface area contributed by atoms with E-state index in [-0.39, 0.29) is 0 Å². The van der Waals surface area contributed by atoms with Crippen LogP contribution in [-0.4, -0.2) is 13.1 Å². The lowest BCUT2D eigenvalue weighted by Gasteiger charge is -2.07. The maximum atomic E-state index is 2.59. The maximum Gasteiger partial charge on any atom is 0.217 e. The number of hydrogen-bond acceptors (Lipinski definition) is 0. The van der Waals surface area contributed by atoms with Gasteiger partial charge in [0.15, 0.2) is 0 Å². The van der Waals surface area contributed by atoms with E-state index in [2.05, 4.69) is 65.2 Å². The van der Waals surface area contributed by atoms with Crippen molar-refractivity contribution in [2.24, 2.45) is 0 Å². The van der Waals surface area contributed by atoms with Crippen LogP contribution in [0.2, 0.25) is 0 Å². The molecule has 0 atom stereocenters. The van der Waals surface area contributed by atoms with Gasteiger partial charge in [0, 0.05) is 12.8 Å². The Morgan fingerprint density at radius 2 is 1.05 bits per heavy atom. The molecular formula is C20H20N+. The van der Waals surface area contributed by atoms with Crippen molar-refractivity contribution in [1.82, 2.24) is 4.58 Å². The minimum Gasteiger partial charge on any atom is -0.229 e. The van der Waals surface area contributed by atoms with E-state index in [4.69, 9.17) is 0 Å². The second kappa shape index (κ2) is 5.33. The van der Waals surface area contributed by atoms with E-state index in [1.54, 1.807) is 0 Å². The molecule has 104 valence electrons. The Bertz CT molecular complexity index is 696. The highest BCUT2D eigenvalue weighted by Gasteiger charge is 2.31. The average molecular weight is 274 g/mol. The average Bonchev–Trinajstić information content (AvgIpc) is 3.33. The SMILES string of the molecule is c1ccc(-c2c(-c3ccccc3)c2=[N+]2CCCCC2)cc1. The van der Waals surface area contributed by atoms with Crippen molar-refractivity contribution in [3.63, 3.8) is 0 Å². The molecule has 0 radical (unpaired) electrons. The Hall–Kier alpha value is -2.15. The first-order chi connectivity index (χ1) is 10.4. The van der Waals surface area contributed by atoms with E-state index in [9.17, 15) is 0 Å². The first kappa shape index (κ1) is 12.6. The Morgan fingerprint density at radius 3 is 1.52 bits per heavy atom. The third-order valence-electron chi connectivity index (χ3n) is 4.46. The van der Waals surface area contributed by atoms with Crippen LogP contribution >= 0.6 is 0 Å². The second-order valence-electron chi connectivity index (χ2n) is 5.88. The molecule has 0 aromatic heterocycles. The summed E-state index contributed by atoms with van der Waals surface area (Å²) in [5.41, 5.74) is 5.64. The van der Waals surface area contributed by atoms with Gasteiger partial charge < -0.3 is 0 Å². The monoisotopic (exact) mass is 274 g/mol. The topological polar surface area (TPSA) is 3.01 Å². The molecule has 0 amide bonds. The molecule has 1 aliphatic rings. The highest BCUT2D eigenvalue weighted by molar-refractivity contribution is 5.93. The number of piperidine rings is 1. The number of benzene rings is 2. The fourth-order valence-corrected chi connectivity index (χ4v) is 3.38. The summed E-state index contributed by atoms with van der Waals surface area (Å²) >= 11 is 0. The molecule has 1 heteroatoms. The summed E-state index contributed by atoms with van der Waals surface area (Å²) in [7, 11) is 0. The van der Waals surface area contributed by atoms with Crippen LogP contribution in [0.4, 0.5) is 0 Å². The van der Waals surface area contributed by atoms with Crippen molar-refractivity contribution in [3.05, 3.63) is 66.0 Å². The van der Waals surface area contributed by atoms with Gasteiger partial charge in [-0.25, -0.2) is 4.58 Å². The minimum absolute atomic E-state index is 1.21. The zero-order valence-corrected chi connectivity index (χ0v) is 12.3. The molecule has 0 bridgehead atoms. The molecule has 0 N–H and O–H groups in total. The van der Waals surface area contributed by atoms with Crippen LogP contribution in [0.25, 0.3) is 22.3 Å². The Balaban J connectivity index is 1.87. The Kier molecular flexibility index (Phi) is 3.19. The Morgan fingerprint density at radius 1 is 0.571 bits per heavy atom. The summed E-state index contributed by atoms with van der Waals surface area (Å²) in [5.74, 6) is 0. The van der Waals surface area contributed by atoms with Crippen molar-refractivity contribution in [2.75, 3.05) is 13.1 Å². The van der Waals surface area contributed by atoms with Crippen LogP contribution in [0, 0.1) is 0 Å². The van der Waals surface area contributed by atoms with E-state index < -0.39 is 0 Å². The van der Waals surface area contributed by atoms with Gasteiger partial charge in [-0.05, 0) is 17.5 Å². The maximum absolute atomic E-state index is 2.59. The fourth-order valence-electron chi connectivity index (χ4n) is 3.38. The second-order valence-corrected chi connectivity index (χ2v) is 5.88. The molecule has 1 fully saturated rings. The van der Waals surface area contributed by atoms with Crippen LogP contribution in [0.5, 0.6) is 0 Å². The first-order valence-electron chi connectivity index (χ1n) is 7.93. The van der Waals surface area contributed by atoms with Gasteiger partial charge in [0.1, 0.15) is 13.1 Å². The van der Waals surface area contributed by atoms with Crippen molar-refractivity contribution < 1.29 is 0 Å². The zero-order chi connectivity index (χ0) is 14.1. The van der Waals surface area contributed by atoms with Gasteiger partial charge in [-0.3, -0.25) is 0 Å². The van der Waals surface area contributed by atoms with Crippen molar-refractivity contribution in [1.29, 1.82) is 0 Å². The van der Waals surface area contributed by atoms with Crippen molar-refractivity contribution in [2.45, 2.75) is 19.3 Å². The molecule has 4 rings (SSSR count). The Labute approximate surface area is 125 Å². The van der Waals surface area contributed by atoms with Gasteiger partial charge in [0.05, 0.1) is 11.1 Å². The van der Waals surface area contributed by atoms with E-state index in [1.807, 2.05) is 0 Å². The normalized spacial score (nSPS) is 15.5. The van der Waals surface area contributed by atoms with Crippen LogP contribution in [-0.2, 0) is 0 Å². The first-order valence-corrected chi connectivity index (χ1v) is 7.93. The summed E-state index contributed by atoms with van der Waals surface area (Å²) in [6.07, 6.45) is 4.03. The summed E-state index contributed by atoms with van der Waals surface area (Å²) in [5, 5.41) is 1.49.